The van der Waals surface area contributed by atoms with E-state index in [1.807, 2.05) is 13.8 Å². The van der Waals surface area contributed by atoms with E-state index in [0.717, 1.165) is 0 Å². The lowest BCUT2D eigenvalue weighted by atomic mass is 10.1. The van der Waals surface area contributed by atoms with Crippen molar-refractivity contribution in [3.05, 3.63) is 23.8 Å². The van der Waals surface area contributed by atoms with Crippen molar-refractivity contribution in [2.24, 2.45) is 5.92 Å². The van der Waals surface area contributed by atoms with Gasteiger partial charge in [0.1, 0.15) is 0 Å². The number of aromatic hydroxyl groups is 2. The highest BCUT2D eigenvalue weighted by Gasteiger charge is 2.15. The van der Waals surface area contributed by atoms with Crippen molar-refractivity contribution in [3.8, 4) is 11.5 Å². The number of carbonyl (C=O) groups is 1. The third kappa shape index (κ3) is 3.63. The van der Waals surface area contributed by atoms with Crippen molar-refractivity contribution in [2.75, 3.05) is 6.54 Å². The Balaban J connectivity index is 2.68. The Labute approximate surface area is 109 Å². The van der Waals surface area contributed by atoms with Gasteiger partial charge in [0.05, 0.1) is 5.56 Å². The molecule has 1 aromatic carbocycles. The third-order valence-electron chi connectivity index (χ3n) is 2.44. The number of hydrogen-bond acceptors (Lipinski definition) is 3. The Hall–Kier alpha value is -1.23. The van der Waals surface area contributed by atoms with Crippen LogP contribution in [0.4, 0.5) is 0 Å². The van der Waals surface area contributed by atoms with E-state index < -0.39 is 5.91 Å². The minimum Gasteiger partial charge on any atom is -0.504 e. The summed E-state index contributed by atoms with van der Waals surface area (Å²) in [5, 5.41) is 21.5. The van der Waals surface area contributed by atoms with Crippen molar-refractivity contribution in [2.45, 2.75) is 18.7 Å². The van der Waals surface area contributed by atoms with Gasteiger partial charge in [-0.05, 0) is 18.1 Å². The molecule has 0 aromatic heterocycles. The van der Waals surface area contributed by atoms with Crippen LogP contribution >= 0.6 is 15.9 Å². The molecular formula is C12H16BrNO3. The molecule has 0 bridgehead atoms. The number of phenols is 2. The van der Waals surface area contributed by atoms with Crippen molar-refractivity contribution in [3.63, 3.8) is 0 Å². The van der Waals surface area contributed by atoms with Gasteiger partial charge in [0.2, 0.25) is 0 Å². The van der Waals surface area contributed by atoms with E-state index in [4.69, 9.17) is 0 Å². The summed E-state index contributed by atoms with van der Waals surface area (Å²) >= 11 is 3.45. The maximum atomic E-state index is 11.7. The second-order valence-corrected chi connectivity index (χ2v) is 5.32. The topological polar surface area (TPSA) is 69.6 Å². The number of halogens is 1. The second kappa shape index (κ2) is 5.91. The fourth-order valence-electron chi connectivity index (χ4n) is 1.24. The van der Waals surface area contributed by atoms with Gasteiger partial charge in [0.25, 0.3) is 5.91 Å². The molecule has 1 atom stereocenters. The zero-order chi connectivity index (χ0) is 13.0. The lowest BCUT2D eigenvalue weighted by molar-refractivity contribution is 0.0949. The van der Waals surface area contributed by atoms with E-state index in [1.54, 1.807) is 0 Å². The molecule has 0 heterocycles. The van der Waals surface area contributed by atoms with Crippen LogP contribution in [0.3, 0.4) is 0 Å². The van der Waals surface area contributed by atoms with Gasteiger partial charge >= 0.3 is 0 Å². The number of alkyl halides is 1. The van der Waals surface area contributed by atoms with Crippen LogP contribution in [0.25, 0.3) is 0 Å². The van der Waals surface area contributed by atoms with Gasteiger partial charge in [-0.2, -0.15) is 0 Å². The lowest BCUT2D eigenvalue weighted by Crippen LogP contribution is -2.31. The van der Waals surface area contributed by atoms with Gasteiger partial charge < -0.3 is 15.5 Å². The van der Waals surface area contributed by atoms with E-state index in [0.29, 0.717) is 12.5 Å². The number of hydrogen-bond donors (Lipinski definition) is 3. The van der Waals surface area contributed by atoms with Crippen LogP contribution in [0.2, 0.25) is 0 Å². The number of phenolic OH excluding ortho intramolecular Hbond substituents is 2. The summed E-state index contributed by atoms with van der Waals surface area (Å²) in [5.74, 6) is -0.686. The molecule has 1 rings (SSSR count). The van der Waals surface area contributed by atoms with E-state index >= 15 is 0 Å². The van der Waals surface area contributed by atoms with Crippen LogP contribution in [0, 0.1) is 5.92 Å². The fraction of sp³-hybridized carbons (Fsp3) is 0.417. The predicted molar refractivity (Wildman–Crippen MR) is 69.7 cm³/mol. The molecule has 1 aromatic rings. The average Bonchev–Trinajstić information content (AvgIpc) is 2.29. The molecule has 4 nitrogen and oxygen atoms in total. The molecule has 0 spiro atoms. The summed E-state index contributed by atoms with van der Waals surface area (Å²) in [6.45, 7) is 4.54. The highest BCUT2D eigenvalue weighted by molar-refractivity contribution is 9.09. The Morgan fingerprint density at radius 1 is 1.41 bits per heavy atom. The molecule has 0 radical (unpaired) electrons. The molecule has 0 aliphatic carbocycles. The number of benzene rings is 1. The summed E-state index contributed by atoms with van der Waals surface area (Å²) in [6.07, 6.45) is 0. The minimum atomic E-state index is -0.400. The Kier molecular flexibility index (Phi) is 4.81. The fourth-order valence-corrected chi connectivity index (χ4v) is 1.40. The summed E-state index contributed by atoms with van der Waals surface area (Å²) < 4.78 is 0. The number of rotatable bonds is 4. The van der Waals surface area contributed by atoms with Gasteiger partial charge in [-0.3, -0.25) is 4.79 Å². The minimum absolute atomic E-state index is 0.0773. The Bertz CT molecular complexity index is 407. The van der Waals surface area contributed by atoms with E-state index in [2.05, 4.69) is 21.2 Å². The number of nitrogens with one attached hydrogen (secondary N) is 1. The third-order valence-corrected chi connectivity index (χ3v) is 3.82. The number of para-hydroxylation sites is 1. The Morgan fingerprint density at radius 3 is 2.65 bits per heavy atom. The summed E-state index contributed by atoms with van der Waals surface area (Å²) in [5.41, 5.74) is 0.0773. The van der Waals surface area contributed by atoms with Crippen LogP contribution in [-0.4, -0.2) is 27.5 Å². The molecular weight excluding hydrogens is 286 g/mol. The van der Waals surface area contributed by atoms with Crippen LogP contribution in [0.5, 0.6) is 11.5 Å². The molecule has 0 aliphatic heterocycles. The van der Waals surface area contributed by atoms with Crippen molar-refractivity contribution in [1.29, 1.82) is 0 Å². The van der Waals surface area contributed by atoms with E-state index in [9.17, 15) is 15.0 Å². The molecule has 5 heteroatoms. The van der Waals surface area contributed by atoms with E-state index in [1.165, 1.54) is 18.2 Å². The van der Waals surface area contributed by atoms with Crippen LogP contribution in [0.15, 0.2) is 18.2 Å². The van der Waals surface area contributed by atoms with Gasteiger partial charge in [-0.25, -0.2) is 0 Å². The first-order chi connectivity index (χ1) is 7.93. The zero-order valence-electron chi connectivity index (χ0n) is 9.77. The smallest absolute Gasteiger partial charge is 0.255 e. The summed E-state index contributed by atoms with van der Waals surface area (Å²) in [4.78, 5) is 11.9. The number of carbonyl (C=O) groups excluding carboxylic acids is 1. The molecule has 17 heavy (non-hydrogen) atoms. The zero-order valence-corrected chi connectivity index (χ0v) is 11.4. The molecule has 94 valence electrons. The standard InChI is InChI=1S/C12H16BrNO3/c1-7(2)9(13)6-14-12(17)8-4-3-5-10(15)11(8)16/h3-5,7,9,15-16H,6H2,1-2H3,(H,14,17). The van der Waals surface area contributed by atoms with Gasteiger partial charge in [-0.1, -0.05) is 35.8 Å². The highest BCUT2D eigenvalue weighted by atomic mass is 79.9. The van der Waals surface area contributed by atoms with Gasteiger partial charge in [0, 0.05) is 11.4 Å². The SMILES string of the molecule is CC(C)C(Br)CNC(=O)c1cccc(O)c1O. The predicted octanol–water partition coefficient (Wildman–Crippen LogP) is 2.25. The van der Waals surface area contributed by atoms with Crippen LogP contribution < -0.4 is 5.32 Å². The Morgan fingerprint density at radius 2 is 2.06 bits per heavy atom. The average molecular weight is 302 g/mol. The van der Waals surface area contributed by atoms with E-state index in [-0.39, 0.29) is 21.9 Å². The molecule has 0 fully saturated rings. The van der Waals surface area contributed by atoms with Crippen LogP contribution in [-0.2, 0) is 0 Å². The van der Waals surface area contributed by atoms with Crippen molar-refractivity contribution >= 4 is 21.8 Å². The molecule has 0 saturated heterocycles. The quantitative estimate of drug-likeness (QED) is 0.590. The first-order valence-corrected chi connectivity index (χ1v) is 6.28. The van der Waals surface area contributed by atoms with Crippen LogP contribution in [0.1, 0.15) is 24.2 Å². The largest absolute Gasteiger partial charge is 0.504 e. The summed E-state index contributed by atoms with van der Waals surface area (Å²) in [7, 11) is 0. The molecule has 0 aliphatic rings. The molecule has 3 N–H and O–H groups in total. The van der Waals surface area contributed by atoms with Gasteiger partial charge in [0.15, 0.2) is 11.5 Å². The first kappa shape index (κ1) is 13.8. The monoisotopic (exact) mass is 301 g/mol. The van der Waals surface area contributed by atoms with Gasteiger partial charge in [-0.15, -0.1) is 0 Å². The maximum absolute atomic E-state index is 11.7. The first-order valence-electron chi connectivity index (χ1n) is 5.36. The highest BCUT2D eigenvalue weighted by Crippen LogP contribution is 2.27. The van der Waals surface area contributed by atoms with Crippen molar-refractivity contribution in [1.82, 2.24) is 5.32 Å². The maximum Gasteiger partial charge on any atom is 0.255 e. The molecule has 1 amide bonds. The lowest BCUT2D eigenvalue weighted by Gasteiger charge is -2.14. The summed E-state index contributed by atoms with van der Waals surface area (Å²) in [6, 6.07) is 4.30. The number of amides is 1. The normalized spacial score (nSPS) is 12.5. The molecule has 0 saturated carbocycles. The second-order valence-electron chi connectivity index (χ2n) is 4.14. The van der Waals surface area contributed by atoms with Crippen molar-refractivity contribution < 1.29 is 15.0 Å². The molecule has 1 unspecified atom stereocenters.